The maximum absolute atomic E-state index is 8.29. The second-order valence-electron chi connectivity index (χ2n) is 2.00. The van der Waals surface area contributed by atoms with E-state index in [9.17, 15) is 0 Å². The second-order valence-corrected chi connectivity index (χ2v) is 3.40. The van der Waals surface area contributed by atoms with E-state index in [-0.39, 0.29) is 11.2 Å². The lowest BCUT2D eigenvalue weighted by molar-refractivity contribution is 0.916. The van der Waals surface area contributed by atoms with Crippen LogP contribution < -0.4 is 5.73 Å². The van der Waals surface area contributed by atoms with Crippen LogP contribution in [0.3, 0.4) is 0 Å². The monoisotopic (exact) mass is 215 g/mol. The minimum atomic E-state index is 0.0759. The Hall–Kier alpha value is -1.06. The van der Waals surface area contributed by atoms with Gasteiger partial charge in [0.15, 0.2) is 5.16 Å². The molecule has 0 bridgehead atoms. The van der Waals surface area contributed by atoms with E-state index in [2.05, 4.69) is 15.0 Å². The molecular formula is C6H6ClN5S. The fourth-order valence-corrected chi connectivity index (χ4v) is 1.50. The smallest absolute Gasteiger partial charge is 0.228 e. The van der Waals surface area contributed by atoms with Crippen LogP contribution in [-0.2, 0) is 0 Å². The third kappa shape index (κ3) is 3.44. The van der Waals surface area contributed by atoms with Gasteiger partial charge in [-0.1, -0.05) is 11.8 Å². The number of nitriles is 1. The largest absolute Gasteiger partial charge is 0.368 e. The molecule has 0 aliphatic carbocycles. The quantitative estimate of drug-likeness (QED) is 0.600. The number of hydrogen-bond acceptors (Lipinski definition) is 6. The number of aromatic nitrogens is 3. The van der Waals surface area contributed by atoms with Gasteiger partial charge in [0, 0.05) is 12.2 Å². The van der Waals surface area contributed by atoms with Gasteiger partial charge in [-0.2, -0.15) is 20.2 Å². The lowest BCUT2D eigenvalue weighted by Crippen LogP contribution is -1.99. The molecule has 0 aromatic carbocycles. The third-order valence-electron chi connectivity index (χ3n) is 1.05. The highest BCUT2D eigenvalue weighted by atomic mass is 35.5. The number of nitrogens with zero attached hydrogens (tertiary/aromatic N) is 4. The summed E-state index contributed by atoms with van der Waals surface area (Å²) in [5, 5.41) is 8.81. The molecule has 0 saturated carbocycles. The minimum Gasteiger partial charge on any atom is -0.368 e. The normalized spacial score (nSPS) is 9.54. The van der Waals surface area contributed by atoms with E-state index in [4.69, 9.17) is 22.6 Å². The number of hydrogen-bond donors (Lipinski definition) is 1. The molecule has 5 nitrogen and oxygen atoms in total. The van der Waals surface area contributed by atoms with Crippen LogP contribution in [0.25, 0.3) is 0 Å². The van der Waals surface area contributed by atoms with Gasteiger partial charge in [0.1, 0.15) is 0 Å². The summed E-state index contributed by atoms with van der Waals surface area (Å²) in [5.74, 6) is 0.718. The molecule has 0 amide bonds. The Bertz CT molecular complexity index is 316. The third-order valence-corrected chi connectivity index (χ3v) is 2.07. The van der Waals surface area contributed by atoms with E-state index >= 15 is 0 Å². The van der Waals surface area contributed by atoms with Crippen LogP contribution in [0, 0.1) is 11.3 Å². The van der Waals surface area contributed by atoms with Gasteiger partial charge in [-0.05, 0) is 11.6 Å². The lowest BCUT2D eigenvalue weighted by Gasteiger charge is -1.98. The fraction of sp³-hybridized carbons (Fsp3) is 0.333. The zero-order valence-electron chi connectivity index (χ0n) is 6.57. The Balaban J connectivity index is 2.62. The summed E-state index contributed by atoms with van der Waals surface area (Å²) in [6.07, 6.45) is 0.438. The maximum Gasteiger partial charge on any atom is 0.228 e. The summed E-state index contributed by atoms with van der Waals surface area (Å²) in [6, 6.07) is 2.01. The van der Waals surface area contributed by atoms with Gasteiger partial charge in [-0.15, -0.1) is 0 Å². The highest BCUT2D eigenvalue weighted by molar-refractivity contribution is 7.99. The predicted octanol–water partition coefficient (Wildman–Crippen LogP) is 1.11. The zero-order chi connectivity index (χ0) is 9.68. The van der Waals surface area contributed by atoms with E-state index in [0.29, 0.717) is 17.3 Å². The molecule has 0 unspecified atom stereocenters. The Kier molecular flexibility index (Phi) is 3.73. The first-order chi connectivity index (χ1) is 6.22. The molecule has 1 rings (SSSR count). The van der Waals surface area contributed by atoms with Gasteiger partial charge < -0.3 is 5.73 Å². The van der Waals surface area contributed by atoms with Gasteiger partial charge >= 0.3 is 0 Å². The summed E-state index contributed by atoms with van der Waals surface area (Å²) in [5.41, 5.74) is 5.34. The van der Waals surface area contributed by atoms with Crippen LogP contribution in [-0.4, -0.2) is 20.7 Å². The van der Waals surface area contributed by atoms with Crippen molar-refractivity contribution in [3.05, 3.63) is 5.28 Å². The van der Waals surface area contributed by atoms with E-state index in [0.717, 1.165) is 0 Å². The van der Waals surface area contributed by atoms with E-state index in [1.165, 1.54) is 11.8 Å². The van der Waals surface area contributed by atoms with Crippen molar-refractivity contribution in [1.29, 1.82) is 5.26 Å². The van der Waals surface area contributed by atoms with Gasteiger partial charge in [-0.25, -0.2) is 0 Å². The molecular weight excluding hydrogens is 210 g/mol. The van der Waals surface area contributed by atoms with Crippen LogP contribution in [0.15, 0.2) is 5.16 Å². The molecule has 0 radical (unpaired) electrons. The number of thioether (sulfide) groups is 1. The highest BCUT2D eigenvalue weighted by Crippen LogP contribution is 2.15. The Labute approximate surface area is 84.3 Å². The van der Waals surface area contributed by atoms with Crippen molar-refractivity contribution in [2.75, 3.05) is 11.5 Å². The fourth-order valence-electron chi connectivity index (χ4n) is 0.599. The first kappa shape index (κ1) is 10.0. The topological polar surface area (TPSA) is 88.5 Å². The minimum absolute atomic E-state index is 0.0759. The average Bonchev–Trinajstić information content (AvgIpc) is 2.03. The van der Waals surface area contributed by atoms with Crippen LogP contribution >= 0.6 is 23.4 Å². The van der Waals surface area contributed by atoms with Gasteiger partial charge in [0.05, 0.1) is 6.07 Å². The van der Waals surface area contributed by atoms with Crippen molar-refractivity contribution >= 4 is 29.3 Å². The molecule has 0 aliphatic heterocycles. The first-order valence-electron chi connectivity index (χ1n) is 3.39. The van der Waals surface area contributed by atoms with Gasteiger partial charge in [0.2, 0.25) is 11.2 Å². The van der Waals surface area contributed by atoms with E-state index in [1.807, 2.05) is 6.07 Å². The molecule has 68 valence electrons. The van der Waals surface area contributed by atoms with Crippen molar-refractivity contribution in [2.24, 2.45) is 0 Å². The average molecular weight is 216 g/mol. The highest BCUT2D eigenvalue weighted by Gasteiger charge is 2.02. The van der Waals surface area contributed by atoms with Crippen LogP contribution in [0.5, 0.6) is 0 Å². The predicted molar refractivity (Wildman–Crippen MR) is 50.2 cm³/mol. The maximum atomic E-state index is 8.29. The Morgan fingerprint density at radius 1 is 1.46 bits per heavy atom. The van der Waals surface area contributed by atoms with E-state index < -0.39 is 0 Å². The summed E-state index contributed by atoms with van der Waals surface area (Å²) >= 11 is 6.87. The van der Waals surface area contributed by atoms with Crippen LogP contribution in [0.1, 0.15) is 6.42 Å². The summed E-state index contributed by atoms with van der Waals surface area (Å²) in [7, 11) is 0. The summed E-state index contributed by atoms with van der Waals surface area (Å²) < 4.78 is 0. The SMILES string of the molecule is N#CCCSc1nc(N)nc(Cl)n1. The van der Waals surface area contributed by atoms with Crippen molar-refractivity contribution in [3.8, 4) is 6.07 Å². The first-order valence-corrected chi connectivity index (χ1v) is 4.75. The molecule has 2 N–H and O–H groups in total. The Morgan fingerprint density at radius 3 is 2.85 bits per heavy atom. The lowest BCUT2D eigenvalue weighted by atomic mass is 10.6. The number of anilines is 1. The molecule has 0 spiro atoms. The molecule has 0 aliphatic rings. The molecule has 13 heavy (non-hydrogen) atoms. The number of halogens is 1. The molecule has 1 aromatic rings. The molecule has 0 fully saturated rings. The molecule has 1 heterocycles. The van der Waals surface area contributed by atoms with Crippen LogP contribution in [0.2, 0.25) is 5.28 Å². The number of rotatable bonds is 3. The number of nitrogens with two attached hydrogens (primary N) is 1. The summed E-state index contributed by atoms with van der Waals surface area (Å²) in [6.45, 7) is 0. The number of nitrogen functional groups attached to an aromatic ring is 1. The molecule has 0 saturated heterocycles. The van der Waals surface area contributed by atoms with Gasteiger partial charge in [-0.3, -0.25) is 0 Å². The molecule has 7 heteroatoms. The van der Waals surface area contributed by atoms with Crippen molar-refractivity contribution in [2.45, 2.75) is 11.6 Å². The standard InChI is InChI=1S/C6H6ClN5S/c7-4-10-5(9)12-6(11-4)13-3-1-2-8/h1,3H2,(H2,9,10,11,12). The Morgan fingerprint density at radius 2 is 2.23 bits per heavy atom. The van der Waals surface area contributed by atoms with Crippen molar-refractivity contribution in [3.63, 3.8) is 0 Å². The van der Waals surface area contributed by atoms with Crippen LogP contribution in [0.4, 0.5) is 5.95 Å². The van der Waals surface area contributed by atoms with Gasteiger partial charge in [0.25, 0.3) is 0 Å². The van der Waals surface area contributed by atoms with Crippen molar-refractivity contribution < 1.29 is 0 Å². The summed E-state index contributed by atoms with van der Waals surface area (Å²) in [4.78, 5) is 11.3. The zero-order valence-corrected chi connectivity index (χ0v) is 8.14. The molecule has 0 atom stereocenters. The second kappa shape index (κ2) is 4.84. The molecule has 1 aromatic heterocycles. The van der Waals surface area contributed by atoms with E-state index in [1.54, 1.807) is 0 Å². The van der Waals surface area contributed by atoms with Crippen molar-refractivity contribution in [1.82, 2.24) is 15.0 Å².